The zero-order chi connectivity index (χ0) is 13.4. The summed E-state index contributed by atoms with van der Waals surface area (Å²) in [5, 5.41) is 5.58. The van der Waals surface area contributed by atoms with Gasteiger partial charge in [-0.15, -0.1) is 11.3 Å². The number of piperazine rings is 1. The van der Waals surface area contributed by atoms with E-state index < -0.39 is 0 Å². The molecular weight excluding hydrogens is 256 g/mol. The van der Waals surface area contributed by atoms with E-state index in [9.17, 15) is 4.79 Å². The van der Waals surface area contributed by atoms with Crippen LogP contribution in [0.25, 0.3) is 0 Å². The van der Waals surface area contributed by atoms with Gasteiger partial charge in [-0.25, -0.2) is 0 Å². The van der Waals surface area contributed by atoms with Gasteiger partial charge in [-0.05, 0) is 50.1 Å². The molecule has 1 N–H and O–H groups in total. The summed E-state index contributed by atoms with van der Waals surface area (Å²) in [5.41, 5.74) is 1.31. The first-order valence-corrected chi connectivity index (χ1v) is 8.15. The third-order valence-electron chi connectivity index (χ3n) is 4.40. The van der Waals surface area contributed by atoms with Crippen LogP contribution < -0.4 is 5.32 Å². The average molecular weight is 278 g/mol. The Morgan fingerprint density at radius 3 is 3.16 bits per heavy atom. The smallest absolute Gasteiger partial charge is 0.230 e. The maximum atomic E-state index is 12.9. The number of rotatable bonds is 1. The van der Waals surface area contributed by atoms with E-state index in [0.29, 0.717) is 18.0 Å². The van der Waals surface area contributed by atoms with Crippen molar-refractivity contribution in [3.8, 4) is 0 Å². The minimum Gasteiger partial charge on any atom is -0.337 e. The zero-order valence-electron chi connectivity index (χ0n) is 11.7. The highest BCUT2D eigenvalue weighted by molar-refractivity contribution is 7.10. The number of carbonyl (C=O) groups excluding carboxylic acids is 1. The van der Waals surface area contributed by atoms with Crippen molar-refractivity contribution in [1.29, 1.82) is 0 Å². The second-order valence-corrected chi connectivity index (χ2v) is 6.89. The van der Waals surface area contributed by atoms with Crippen molar-refractivity contribution in [2.24, 2.45) is 0 Å². The summed E-state index contributed by atoms with van der Waals surface area (Å²) >= 11 is 1.81. The maximum absolute atomic E-state index is 12.9. The Morgan fingerprint density at radius 1 is 1.47 bits per heavy atom. The first-order valence-electron chi connectivity index (χ1n) is 7.27. The number of hydrogen-bond donors (Lipinski definition) is 1. The highest BCUT2D eigenvalue weighted by Crippen LogP contribution is 2.36. The number of carbonyl (C=O) groups is 1. The standard InChI is InChI=1S/C15H22N2OS/c1-10-9-17(11(2)8-16-10)15(18)13-4-3-5-14-12(13)6-7-19-14/h6-7,10-11,13,16H,3-5,8-9H2,1-2H3. The SMILES string of the molecule is CC1CN(C(=O)C2CCCc3sccc32)C(C)CN1. The van der Waals surface area contributed by atoms with Gasteiger partial charge >= 0.3 is 0 Å². The van der Waals surface area contributed by atoms with Gasteiger partial charge in [0.05, 0.1) is 5.92 Å². The number of thiophene rings is 1. The lowest BCUT2D eigenvalue weighted by Crippen LogP contribution is -2.57. The van der Waals surface area contributed by atoms with Crippen LogP contribution in [0.1, 0.15) is 43.0 Å². The molecule has 1 aromatic heterocycles. The lowest BCUT2D eigenvalue weighted by Gasteiger charge is -2.40. The molecule has 1 amide bonds. The topological polar surface area (TPSA) is 32.3 Å². The van der Waals surface area contributed by atoms with E-state index in [0.717, 1.165) is 32.4 Å². The molecule has 1 saturated heterocycles. The van der Waals surface area contributed by atoms with E-state index in [-0.39, 0.29) is 5.92 Å². The number of hydrogen-bond acceptors (Lipinski definition) is 3. The van der Waals surface area contributed by atoms with Gasteiger partial charge in [-0.2, -0.15) is 0 Å². The summed E-state index contributed by atoms with van der Waals surface area (Å²) in [5.74, 6) is 0.461. The van der Waals surface area contributed by atoms with E-state index in [4.69, 9.17) is 0 Å². The van der Waals surface area contributed by atoms with Gasteiger partial charge < -0.3 is 10.2 Å². The fourth-order valence-electron chi connectivity index (χ4n) is 3.27. The number of nitrogens with one attached hydrogen (secondary N) is 1. The van der Waals surface area contributed by atoms with Crippen LogP contribution in [0.5, 0.6) is 0 Å². The Labute approximate surface area is 119 Å². The molecule has 2 heterocycles. The van der Waals surface area contributed by atoms with E-state index in [1.807, 2.05) is 11.3 Å². The van der Waals surface area contributed by atoms with Crippen LogP contribution in [0, 0.1) is 0 Å². The fourth-order valence-corrected chi connectivity index (χ4v) is 4.26. The molecule has 0 bridgehead atoms. The summed E-state index contributed by atoms with van der Waals surface area (Å²) in [6.07, 6.45) is 3.33. The molecule has 2 aliphatic rings. The van der Waals surface area contributed by atoms with E-state index in [1.54, 1.807) is 0 Å². The average Bonchev–Trinajstić information content (AvgIpc) is 2.89. The van der Waals surface area contributed by atoms with E-state index in [2.05, 4.69) is 35.5 Å². The highest BCUT2D eigenvalue weighted by Gasteiger charge is 2.34. The molecule has 1 aromatic rings. The Bertz CT molecular complexity index is 470. The van der Waals surface area contributed by atoms with Crippen molar-refractivity contribution in [3.05, 3.63) is 21.9 Å². The Hall–Kier alpha value is -0.870. The zero-order valence-corrected chi connectivity index (χ0v) is 12.5. The molecule has 3 atom stereocenters. The first kappa shape index (κ1) is 13.1. The molecule has 0 saturated carbocycles. The van der Waals surface area contributed by atoms with Crippen molar-refractivity contribution in [3.63, 3.8) is 0 Å². The Morgan fingerprint density at radius 2 is 2.32 bits per heavy atom. The molecule has 3 unspecified atom stereocenters. The number of aryl methyl sites for hydroxylation is 1. The molecule has 0 aromatic carbocycles. The van der Waals surface area contributed by atoms with Crippen molar-refractivity contribution in [1.82, 2.24) is 10.2 Å². The predicted molar refractivity (Wildman–Crippen MR) is 78.6 cm³/mol. The molecule has 3 nitrogen and oxygen atoms in total. The third-order valence-corrected chi connectivity index (χ3v) is 5.39. The van der Waals surface area contributed by atoms with Crippen LogP contribution in [0.2, 0.25) is 0 Å². The monoisotopic (exact) mass is 278 g/mol. The molecule has 3 rings (SSSR count). The summed E-state index contributed by atoms with van der Waals surface area (Å²) in [4.78, 5) is 16.4. The summed E-state index contributed by atoms with van der Waals surface area (Å²) in [7, 11) is 0. The first-order chi connectivity index (χ1) is 9.16. The van der Waals surface area contributed by atoms with Gasteiger partial charge in [-0.1, -0.05) is 0 Å². The second-order valence-electron chi connectivity index (χ2n) is 5.89. The fraction of sp³-hybridized carbons (Fsp3) is 0.667. The van der Waals surface area contributed by atoms with Crippen molar-refractivity contribution < 1.29 is 4.79 Å². The summed E-state index contributed by atoms with van der Waals surface area (Å²) in [6, 6.07) is 2.89. The lowest BCUT2D eigenvalue weighted by molar-refractivity contribution is -0.136. The van der Waals surface area contributed by atoms with Gasteiger partial charge in [0.15, 0.2) is 0 Å². The summed E-state index contributed by atoms with van der Waals surface area (Å²) < 4.78 is 0. The minimum absolute atomic E-state index is 0.114. The van der Waals surface area contributed by atoms with Gasteiger partial charge in [0, 0.05) is 30.1 Å². The maximum Gasteiger partial charge on any atom is 0.230 e. The van der Waals surface area contributed by atoms with Gasteiger partial charge in [-0.3, -0.25) is 4.79 Å². The number of amides is 1. The van der Waals surface area contributed by atoms with Crippen molar-refractivity contribution in [2.75, 3.05) is 13.1 Å². The molecular formula is C15H22N2OS. The molecule has 1 aliphatic heterocycles. The van der Waals surface area contributed by atoms with Gasteiger partial charge in [0.25, 0.3) is 0 Å². The number of nitrogens with zero attached hydrogens (tertiary/aromatic N) is 1. The van der Waals surface area contributed by atoms with Crippen LogP contribution >= 0.6 is 11.3 Å². The highest BCUT2D eigenvalue weighted by atomic mass is 32.1. The van der Waals surface area contributed by atoms with Crippen molar-refractivity contribution in [2.45, 2.75) is 51.1 Å². The largest absolute Gasteiger partial charge is 0.337 e. The molecule has 19 heavy (non-hydrogen) atoms. The van der Waals surface area contributed by atoms with Crippen LogP contribution in [0.3, 0.4) is 0 Å². The quantitative estimate of drug-likeness (QED) is 0.855. The third kappa shape index (κ3) is 2.43. The summed E-state index contributed by atoms with van der Waals surface area (Å²) in [6.45, 7) is 6.06. The molecule has 1 aliphatic carbocycles. The van der Waals surface area contributed by atoms with Gasteiger partial charge in [0.1, 0.15) is 0 Å². The van der Waals surface area contributed by atoms with Crippen LogP contribution in [-0.2, 0) is 11.2 Å². The predicted octanol–water partition coefficient (Wildman–Crippen LogP) is 2.38. The Balaban J connectivity index is 1.81. The second kappa shape index (κ2) is 5.25. The van der Waals surface area contributed by atoms with E-state index in [1.165, 1.54) is 10.4 Å². The van der Waals surface area contributed by atoms with Crippen molar-refractivity contribution >= 4 is 17.2 Å². The van der Waals surface area contributed by atoms with Gasteiger partial charge in [0.2, 0.25) is 5.91 Å². The number of fused-ring (bicyclic) bond motifs is 1. The molecule has 104 valence electrons. The molecule has 0 spiro atoms. The molecule has 0 radical (unpaired) electrons. The van der Waals surface area contributed by atoms with Crippen LogP contribution in [0.15, 0.2) is 11.4 Å². The minimum atomic E-state index is 0.114. The van der Waals surface area contributed by atoms with Crippen LogP contribution in [-0.4, -0.2) is 36.0 Å². The normalized spacial score (nSPS) is 31.1. The Kier molecular flexibility index (Phi) is 3.63. The molecule has 4 heteroatoms. The van der Waals surface area contributed by atoms with Crippen LogP contribution in [0.4, 0.5) is 0 Å². The molecule has 1 fully saturated rings. The van der Waals surface area contributed by atoms with E-state index >= 15 is 0 Å². The lowest BCUT2D eigenvalue weighted by atomic mass is 9.86.